The molecule has 0 spiro atoms. The van der Waals surface area contributed by atoms with E-state index in [9.17, 15) is 4.79 Å². The quantitative estimate of drug-likeness (QED) is 0.239. The zero-order valence-corrected chi connectivity index (χ0v) is 21.7. The maximum atomic E-state index is 12.7. The van der Waals surface area contributed by atoms with Crippen molar-refractivity contribution in [3.8, 4) is 33.9 Å². The summed E-state index contributed by atoms with van der Waals surface area (Å²) in [6.07, 6.45) is 11.3. The molecular weight excluding hydrogens is 502 g/mol. The minimum atomic E-state index is 0.0193. The monoisotopic (exact) mass is 529 g/mol. The minimum absolute atomic E-state index is 0.0193. The van der Waals surface area contributed by atoms with Crippen molar-refractivity contribution in [3.05, 3.63) is 73.4 Å². The van der Waals surface area contributed by atoms with Gasteiger partial charge in [0.25, 0.3) is 0 Å². The van der Waals surface area contributed by atoms with Gasteiger partial charge in [-0.25, -0.2) is 4.98 Å². The van der Waals surface area contributed by atoms with E-state index in [1.807, 2.05) is 36.4 Å². The fourth-order valence-electron chi connectivity index (χ4n) is 5.38. The van der Waals surface area contributed by atoms with Crippen LogP contribution >= 0.6 is 0 Å². The van der Waals surface area contributed by atoms with Crippen molar-refractivity contribution >= 4 is 33.5 Å². The fraction of sp³-hybridized carbons (Fsp3) is 0.200. The van der Waals surface area contributed by atoms with Crippen molar-refractivity contribution in [1.82, 2.24) is 40.4 Å². The third kappa shape index (κ3) is 4.69. The Morgan fingerprint density at radius 1 is 0.900 bits per heavy atom. The van der Waals surface area contributed by atoms with Crippen LogP contribution in [-0.2, 0) is 4.79 Å². The molecular formula is C30H27N9O. The van der Waals surface area contributed by atoms with Gasteiger partial charge in [0.1, 0.15) is 11.2 Å². The van der Waals surface area contributed by atoms with E-state index in [0.29, 0.717) is 23.7 Å². The molecule has 1 saturated heterocycles. The average molecular weight is 530 g/mol. The number of pyridine rings is 4. The van der Waals surface area contributed by atoms with Gasteiger partial charge in [-0.05, 0) is 74.3 Å². The maximum absolute atomic E-state index is 12.7. The van der Waals surface area contributed by atoms with Crippen LogP contribution < -0.4 is 10.6 Å². The number of aromatic amines is 2. The summed E-state index contributed by atoms with van der Waals surface area (Å²) in [7, 11) is 0. The van der Waals surface area contributed by atoms with Gasteiger partial charge in [0.15, 0.2) is 0 Å². The molecule has 10 heteroatoms. The highest BCUT2D eigenvalue weighted by Crippen LogP contribution is 2.33. The normalized spacial score (nSPS) is 14.1. The zero-order chi connectivity index (χ0) is 26.9. The highest BCUT2D eigenvalue weighted by molar-refractivity contribution is 5.99. The molecule has 0 saturated carbocycles. The number of hydrogen-bond acceptors (Lipinski definition) is 7. The third-order valence-corrected chi connectivity index (χ3v) is 7.42. The molecule has 0 aliphatic carbocycles. The molecule has 198 valence electrons. The number of carbonyl (C=O) groups excluding carboxylic acids is 1. The minimum Gasteiger partial charge on any atom is -0.353 e. The molecule has 6 aromatic heterocycles. The van der Waals surface area contributed by atoms with Crippen molar-refractivity contribution in [2.24, 2.45) is 5.92 Å². The summed E-state index contributed by atoms with van der Waals surface area (Å²) in [4.78, 5) is 34.2. The molecule has 40 heavy (non-hydrogen) atoms. The Hall–Kier alpha value is -4.96. The van der Waals surface area contributed by atoms with E-state index in [0.717, 1.165) is 76.1 Å². The van der Waals surface area contributed by atoms with E-state index in [4.69, 9.17) is 4.98 Å². The van der Waals surface area contributed by atoms with Crippen LogP contribution in [-0.4, -0.2) is 54.1 Å². The molecule has 4 N–H and O–H groups in total. The molecule has 0 radical (unpaired) electrons. The fourth-order valence-corrected chi connectivity index (χ4v) is 5.38. The first-order valence-electron chi connectivity index (χ1n) is 13.4. The Balaban J connectivity index is 1.19. The van der Waals surface area contributed by atoms with Gasteiger partial charge in [-0.2, -0.15) is 5.10 Å². The molecule has 1 aliphatic rings. The SMILES string of the molecule is O=C(CC1CCNCC1)Nc1cncc(-c2ccc3[nH]nc(-c4cc5c(-c6ccncc6)nccc5[nH]4)c3n2)c1. The van der Waals surface area contributed by atoms with Crippen LogP contribution in [0.25, 0.3) is 55.8 Å². The molecule has 1 aliphatic heterocycles. The second kappa shape index (κ2) is 10.3. The van der Waals surface area contributed by atoms with Crippen LogP contribution in [0.3, 0.4) is 0 Å². The molecule has 0 unspecified atom stereocenters. The van der Waals surface area contributed by atoms with Crippen molar-refractivity contribution < 1.29 is 4.79 Å². The Labute approximate surface area is 229 Å². The van der Waals surface area contributed by atoms with Crippen molar-refractivity contribution in [2.45, 2.75) is 19.3 Å². The van der Waals surface area contributed by atoms with Crippen LogP contribution in [0.4, 0.5) is 5.69 Å². The van der Waals surface area contributed by atoms with Gasteiger partial charge >= 0.3 is 0 Å². The molecule has 10 nitrogen and oxygen atoms in total. The number of H-pyrrole nitrogens is 2. The molecule has 0 bridgehead atoms. The Morgan fingerprint density at radius 2 is 1.77 bits per heavy atom. The second-order valence-corrected chi connectivity index (χ2v) is 10.1. The van der Waals surface area contributed by atoms with Gasteiger partial charge in [-0.3, -0.25) is 24.8 Å². The highest BCUT2D eigenvalue weighted by atomic mass is 16.1. The predicted octanol–water partition coefficient (Wildman–Crippen LogP) is 4.95. The smallest absolute Gasteiger partial charge is 0.224 e. The number of amides is 1. The van der Waals surface area contributed by atoms with Gasteiger partial charge < -0.3 is 15.6 Å². The Kier molecular flexibility index (Phi) is 6.21. The lowest BCUT2D eigenvalue weighted by Crippen LogP contribution is -2.30. The molecule has 7 rings (SSSR count). The van der Waals surface area contributed by atoms with Crippen LogP contribution in [0.5, 0.6) is 0 Å². The number of piperidine rings is 1. The predicted molar refractivity (Wildman–Crippen MR) is 154 cm³/mol. The van der Waals surface area contributed by atoms with Gasteiger partial charge in [0.05, 0.1) is 34.5 Å². The van der Waals surface area contributed by atoms with Gasteiger partial charge in [-0.1, -0.05) is 0 Å². The van der Waals surface area contributed by atoms with E-state index >= 15 is 0 Å². The Morgan fingerprint density at radius 3 is 2.65 bits per heavy atom. The van der Waals surface area contributed by atoms with Crippen molar-refractivity contribution in [2.75, 3.05) is 18.4 Å². The van der Waals surface area contributed by atoms with E-state index < -0.39 is 0 Å². The van der Waals surface area contributed by atoms with E-state index in [1.54, 1.807) is 31.0 Å². The first-order chi connectivity index (χ1) is 19.7. The summed E-state index contributed by atoms with van der Waals surface area (Å²) < 4.78 is 0. The van der Waals surface area contributed by atoms with Gasteiger partial charge in [0, 0.05) is 53.2 Å². The third-order valence-electron chi connectivity index (χ3n) is 7.42. The van der Waals surface area contributed by atoms with Crippen LogP contribution in [0.15, 0.2) is 73.4 Å². The van der Waals surface area contributed by atoms with E-state index in [-0.39, 0.29) is 5.91 Å². The van der Waals surface area contributed by atoms with Crippen LogP contribution in [0.1, 0.15) is 19.3 Å². The summed E-state index contributed by atoms with van der Waals surface area (Å²) in [5.41, 5.74) is 8.17. The number of fused-ring (bicyclic) bond motifs is 2. The summed E-state index contributed by atoms with van der Waals surface area (Å²) in [5, 5.41) is 15.0. The number of rotatable bonds is 6. The molecule has 0 aromatic carbocycles. The number of nitrogens with zero attached hydrogens (tertiary/aromatic N) is 5. The average Bonchev–Trinajstić information content (AvgIpc) is 3.62. The maximum Gasteiger partial charge on any atom is 0.224 e. The zero-order valence-electron chi connectivity index (χ0n) is 21.7. The van der Waals surface area contributed by atoms with Crippen molar-refractivity contribution in [1.29, 1.82) is 0 Å². The number of hydrogen-bond donors (Lipinski definition) is 4. The second-order valence-electron chi connectivity index (χ2n) is 10.1. The molecule has 1 amide bonds. The van der Waals surface area contributed by atoms with Gasteiger partial charge in [-0.15, -0.1) is 0 Å². The lowest BCUT2D eigenvalue weighted by atomic mass is 9.94. The highest BCUT2D eigenvalue weighted by Gasteiger charge is 2.18. The summed E-state index contributed by atoms with van der Waals surface area (Å²) in [6, 6.07) is 13.7. The Bertz CT molecular complexity index is 1820. The largest absolute Gasteiger partial charge is 0.353 e. The summed E-state index contributed by atoms with van der Waals surface area (Å²) >= 11 is 0. The molecule has 7 heterocycles. The van der Waals surface area contributed by atoms with Gasteiger partial charge in [0.2, 0.25) is 5.91 Å². The number of nitrogens with one attached hydrogen (secondary N) is 4. The standard InChI is InChI=1S/C30H27N9O/c40-27(13-18-3-8-31-9-4-18)35-21-14-20(16-33-17-21)23-1-2-25-29(37-23)30(39-38-25)26-15-22-24(36-26)7-12-34-28(22)19-5-10-32-11-6-19/h1-2,5-7,10-12,14-18,31,36H,3-4,8-9,13H2,(H,35,40)(H,38,39). The van der Waals surface area contributed by atoms with E-state index in [2.05, 4.69) is 46.8 Å². The number of anilines is 1. The number of aromatic nitrogens is 7. The van der Waals surface area contributed by atoms with Crippen LogP contribution in [0, 0.1) is 5.92 Å². The molecule has 0 atom stereocenters. The summed E-state index contributed by atoms with van der Waals surface area (Å²) in [6.45, 7) is 1.95. The molecule has 6 aromatic rings. The lowest BCUT2D eigenvalue weighted by molar-refractivity contribution is -0.117. The first-order valence-corrected chi connectivity index (χ1v) is 13.4. The molecule has 1 fully saturated rings. The summed E-state index contributed by atoms with van der Waals surface area (Å²) in [5.74, 6) is 0.438. The topological polar surface area (TPSA) is 137 Å². The van der Waals surface area contributed by atoms with Crippen molar-refractivity contribution in [3.63, 3.8) is 0 Å². The van der Waals surface area contributed by atoms with E-state index in [1.165, 1.54) is 0 Å². The first kappa shape index (κ1) is 24.1. The number of carbonyl (C=O) groups is 1. The van der Waals surface area contributed by atoms with Crippen LogP contribution in [0.2, 0.25) is 0 Å². The lowest BCUT2D eigenvalue weighted by Gasteiger charge is -2.21.